The van der Waals surface area contributed by atoms with Crippen LogP contribution in [0.2, 0.25) is 0 Å². The van der Waals surface area contributed by atoms with E-state index in [1.165, 1.54) is 5.56 Å². The molecule has 0 bridgehead atoms. The fourth-order valence-corrected chi connectivity index (χ4v) is 3.40. The predicted octanol–water partition coefficient (Wildman–Crippen LogP) is 3.94. The van der Waals surface area contributed by atoms with Gasteiger partial charge in [-0.2, -0.15) is 5.10 Å². The van der Waals surface area contributed by atoms with Gasteiger partial charge in [0.1, 0.15) is 0 Å². The number of hydrogen-bond donors (Lipinski definition) is 1. The Bertz CT molecular complexity index is 833. The Labute approximate surface area is 155 Å². The summed E-state index contributed by atoms with van der Waals surface area (Å²) in [6, 6.07) is 11.5. The van der Waals surface area contributed by atoms with Gasteiger partial charge in [-0.15, -0.1) is 0 Å². The van der Waals surface area contributed by atoms with Crippen LogP contribution in [0.15, 0.2) is 46.0 Å². The number of ether oxygens (including phenoxy) is 2. The summed E-state index contributed by atoms with van der Waals surface area (Å²) < 4.78 is 11.5. The minimum Gasteiger partial charge on any atom is -0.493 e. The Morgan fingerprint density at radius 1 is 1.28 bits per heavy atom. The molecule has 0 unspecified atom stereocenters. The number of halogens is 1. The topological polar surface area (TPSA) is 59.9 Å². The SMILES string of the molecule is CCOc1c(Br)cc(C(=O)N/N=C2/CCc3ccccc32)cc1OC. The van der Waals surface area contributed by atoms with E-state index in [-0.39, 0.29) is 5.91 Å². The van der Waals surface area contributed by atoms with Gasteiger partial charge < -0.3 is 9.47 Å². The van der Waals surface area contributed by atoms with Crippen LogP contribution < -0.4 is 14.9 Å². The Kier molecular flexibility index (Phi) is 5.38. The fourth-order valence-electron chi connectivity index (χ4n) is 2.84. The average molecular weight is 403 g/mol. The van der Waals surface area contributed by atoms with Crippen LogP contribution in [0.3, 0.4) is 0 Å². The van der Waals surface area contributed by atoms with E-state index < -0.39 is 0 Å². The third-order valence-electron chi connectivity index (χ3n) is 4.03. The molecular formula is C19H19BrN2O3. The molecule has 5 nitrogen and oxygen atoms in total. The van der Waals surface area contributed by atoms with Crippen molar-refractivity contribution in [1.82, 2.24) is 5.43 Å². The number of fused-ring (bicyclic) bond motifs is 1. The molecule has 6 heteroatoms. The van der Waals surface area contributed by atoms with E-state index in [1.54, 1.807) is 19.2 Å². The molecule has 0 saturated heterocycles. The van der Waals surface area contributed by atoms with Crippen molar-refractivity contribution in [2.45, 2.75) is 19.8 Å². The molecule has 0 atom stereocenters. The number of rotatable bonds is 5. The summed E-state index contributed by atoms with van der Waals surface area (Å²) in [6.07, 6.45) is 1.78. The Hall–Kier alpha value is -2.34. The van der Waals surface area contributed by atoms with Gasteiger partial charge in [-0.1, -0.05) is 24.3 Å². The molecule has 2 aromatic rings. The van der Waals surface area contributed by atoms with Gasteiger partial charge in [0.15, 0.2) is 11.5 Å². The van der Waals surface area contributed by atoms with Crippen LogP contribution in [0.1, 0.15) is 34.8 Å². The van der Waals surface area contributed by atoms with Crippen LogP contribution in [-0.2, 0) is 6.42 Å². The first kappa shape index (κ1) is 17.5. The lowest BCUT2D eigenvalue weighted by Crippen LogP contribution is -2.19. The van der Waals surface area contributed by atoms with Crippen LogP contribution in [0, 0.1) is 0 Å². The summed E-state index contributed by atoms with van der Waals surface area (Å²) >= 11 is 3.43. The van der Waals surface area contributed by atoms with Crippen molar-refractivity contribution in [3.8, 4) is 11.5 Å². The number of hydrazone groups is 1. The lowest BCUT2D eigenvalue weighted by Gasteiger charge is -2.12. The monoisotopic (exact) mass is 402 g/mol. The number of methoxy groups -OCH3 is 1. The first-order valence-corrected chi connectivity index (χ1v) is 8.88. The minimum absolute atomic E-state index is 0.293. The highest BCUT2D eigenvalue weighted by Gasteiger charge is 2.18. The number of nitrogens with one attached hydrogen (secondary N) is 1. The Morgan fingerprint density at radius 3 is 2.84 bits per heavy atom. The number of carbonyl (C=O) groups excluding carboxylic acids is 1. The first-order chi connectivity index (χ1) is 12.1. The van der Waals surface area contributed by atoms with Crippen LogP contribution in [0.5, 0.6) is 11.5 Å². The molecule has 25 heavy (non-hydrogen) atoms. The molecule has 0 heterocycles. The zero-order valence-electron chi connectivity index (χ0n) is 14.1. The van der Waals surface area contributed by atoms with Crippen LogP contribution in [0.25, 0.3) is 0 Å². The van der Waals surface area contributed by atoms with Gasteiger partial charge >= 0.3 is 0 Å². The van der Waals surface area contributed by atoms with E-state index in [0.717, 1.165) is 24.1 Å². The average Bonchev–Trinajstić information content (AvgIpc) is 3.04. The van der Waals surface area contributed by atoms with Gasteiger partial charge in [0, 0.05) is 11.1 Å². The van der Waals surface area contributed by atoms with E-state index in [9.17, 15) is 4.79 Å². The van der Waals surface area contributed by atoms with Crippen molar-refractivity contribution in [3.05, 3.63) is 57.6 Å². The molecule has 1 aliphatic carbocycles. The molecule has 1 aliphatic rings. The number of hydrogen-bond acceptors (Lipinski definition) is 4. The number of aryl methyl sites for hydroxylation is 1. The molecule has 0 spiro atoms. The highest BCUT2D eigenvalue weighted by atomic mass is 79.9. The predicted molar refractivity (Wildman–Crippen MR) is 101 cm³/mol. The van der Waals surface area contributed by atoms with E-state index in [4.69, 9.17) is 9.47 Å². The molecule has 0 aromatic heterocycles. The van der Waals surface area contributed by atoms with Crippen LogP contribution in [-0.4, -0.2) is 25.3 Å². The van der Waals surface area contributed by atoms with Gasteiger partial charge in [0.2, 0.25) is 0 Å². The Balaban J connectivity index is 1.80. The maximum atomic E-state index is 12.5. The summed E-state index contributed by atoms with van der Waals surface area (Å²) in [6.45, 7) is 2.40. The largest absolute Gasteiger partial charge is 0.493 e. The van der Waals surface area contributed by atoms with Gasteiger partial charge in [-0.25, -0.2) is 5.43 Å². The van der Waals surface area contributed by atoms with Crippen molar-refractivity contribution in [2.24, 2.45) is 5.10 Å². The number of benzene rings is 2. The lowest BCUT2D eigenvalue weighted by molar-refractivity contribution is 0.0954. The third-order valence-corrected chi connectivity index (χ3v) is 4.62. The zero-order chi connectivity index (χ0) is 17.8. The second kappa shape index (κ2) is 7.70. The minimum atomic E-state index is -0.293. The summed E-state index contributed by atoms with van der Waals surface area (Å²) in [5, 5.41) is 4.31. The molecular weight excluding hydrogens is 384 g/mol. The van der Waals surface area contributed by atoms with Crippen molar-refractivity contribution < 1.29 is 14.3 Å². The fraction of sp³-hybridized carbons (Fsp3) is 0.263. The molecule has 0 radical (unpaired) electrons. The van der Waals surface area contributed by atoms with Crippen molar-refractivity contribution in [1.29, 1.82) is 0 Å². The lowest BCUT2D eigenvalue weighted by atomic mass is 10.1. The second-order valence-electron chi connectivity index (χ2n) is 5.58. The number of amides is 1. The van der Waals surface area contributed by atoms with Crippen LogP contribution >= 0.6 is 15.9 Å². The van der Waals surface area contributed by atoms with E-state index in [2.05, 4.69) is 32.5 Å². The third kappa shape index (κ3) is 3.69. The molecule has 0 fully saturated rings. The molecule has 1 N–H and O–H groups in total. The van der Waals surface area contributed by atoms with Gasteiger partial charge in [-0.05, 0) is 53.4 Å². The summed E-state index contributed by atoms with van der Waals surface area (Å²) in [5.74, 6) is 0.789. The smallest absolute Gasteiger partial charge is 0.271 e. The van der Waals surface area contributed by atoms with E-state index in [0.29, 0.717) is 28.1 Å². The quantitative estimate of drug-likeness (QED) is 0.770. The van der Waals surface area contributed by atoms with Crippen molar-refractivity contribution in [3.63, 3.8) is 0 Å². The van der Waals surface area contributed by atoms with Crippen molar-refractivity contribution in [2.75, 3.05) is 13.7 Å². The van der Waals surface area contributed by atoms with Gasteiger partial charge in [-0.3, -0.25) is 4.79 Å². The summed E-state index contributed by atoms with van der Waals surface area (Å²) in [4.78, 5) is 12.5. The number of nitrogens with zero attached hydrogens (tertiary/aromatic N) is 1. The highest BCUT2D eigenvalue weighted by Crippen LogP contribution is 2.36. The van der Waals surface area contributed by atoms with E-state index in [1.807, 2.05) is 25.1 Å². The molecule has 2 aromatic carbocycles. The standard InChI is InChI=1S/C19H19BrN2O3/c1-3-25-18-15(20)10-13(11-17(18)24-2)19(23)22-21-16-9-8-12-6-4-5-7-14(12)16/h4-7,10-11H,3,8-9H2,1-2H3,(H,22,23)/b21-16-. The van der Waals surface area contributed by atoms with Gasteiger partial charge in [0.05, 0.1) is 23.9 Å². The first-order valence-electron chi connectivity index (χ1n) is 8.09. The summed E-state index contributed by atoms with van der Waals surface area (Å²) in [5.41, 5.74) is 6.36. The van der Waals surface area contributed by atoms with Crippen LogP contribution in [0.4, 0.5) is 0 Å². The second-order valence-corrected chi connectivity index (χ2v) is 6.43. The highest BCUT2D eigenvalue weighted by molar-refractivity contribution is 9.10. The van der Waals surface area contributed by atoms with Gasteiger partial charge in [0.25, 0.3) is 5.91 Å². The Morgan fingerprint density at radius 2 is 2.08 bits per heavy atom. The maximum Gasteiger partial charge on any atom is 0.271 e. The number of carbonyl (C=O) groups is 1. The van der Waals surface area contributed by atoms with E-state index >= 15 is 0 Å². The zero-order valence-corrected chi connectivity index (χ0v) is 15.7. The normalized spacial score (nSPS) is 14.3. The molecule has 130 valence electrons. The molecule has 0 saturated carbocycles. The molecule has 3 rings (SSSR count). The van der Waals surface area contributed by atoms with Crippen molar-refractivity contribution >= 4 is 27.5 Å². The molecule has 0 aliphatic heterocycles. The summed E-state index contributed by atoms with van der Waals surface area (Å²) in [7, 11) is 1.54. The maximum absolute atomic E-state index is 12.5. The molecule has 1 amide bonds.